The molecule has 0 fully saturated rings. The Hall–Kier alpha value is -2.83. The van der Waals surface area contributed by atoms with Crippen LogP contribution in [0.3, 0.4) is 0 Å². The van der Waals surface area contributed by atoms with E-state index >= 15 is 0 Å². The highest BCUT2D eigenvalue weighted by Crippen LogP contribution is 2.37. The first-order valence-electron chi connectivity index (χ1n) is 8.80. The number of rotatable bonds is 6. The van der Waals surface area contributed by atoms with E-state index < -0.39 is 11.6 Å². The standard InChI is InChI=1S/C19H23N3O4/c1-4-5-12-7-16-17(26-10-25-16)9-14(12)21-18(23)15-8-13(6-11(2)3)20-19(24)22-15/h7-9,11H,4-6,10H2,1-3H3,(H,21,23)(H,20,22,24). The number of benzene rings is 1. The van der Waals surface area contributed by atoms with Gasteiger partial charge >= 0.3 is 5.69 Å². The van der Waals surface area contributed by atoms with Gasteiger partial charge in [-0.15, -0.1) is 0 Å². The summed E-state index contributed by atoms with van der Waals surface area (Å²) in [5.74, 6) is 1.21. The zero-order valence-electron chi connectivity index (χ0n) is 15.2. The number of amides is 1. The number of hydrogen-bond acceptors (Lipinski definition) is 5. The van der Waals surface area contributed by atoms with Gasteiger partial charge in [0.2, 0.25) is 6.79 Å². The van der Waals surface area contributed by atoms with Crippen LogP contribution in [0.5, 0.6) is 11.5 Å². The van der Waals surface area contributed by atoms with Gasteiger partial charge in [0.15, 0.2) is 11.5 Å². The second-order valence-corrected chi connectivity index (χ2v) is 6.76. The highest BCUT2D eigenvalue weighted by Gasteiger charge is 2.19. The van der Waals surface area contributed by atoms with Crippen molar-refractivity contribution in [2.75, 3.05) is 12.1 Å². The monoisotopic (exact) mass is 357 g/mol. The lowest BCUT2D eigenvalue weighted by Gasteiger charge is -2.12. The molecule has 1 aromatic carbocycles. The summed E-state index contributed by atoms with van der Waals surface area (Å²) < 4.78 is 10.8. The molecule has 1 aliphatic rings. The number of hydrogen-bond donors (Lipinski definition) is 2. The molecule has 7 heteroatoms. The first kappa shape index (κ1) is 18.0. The van der Waals surface area contributed by atoms with Gasteiger partial charge in [0.1, 0.15) is 5.69 Å². The minimum Gasteiger partial charge on any atom is -0.454 e. The number of aromatic amines is 1. The van der Waals surface area contributed by atoms with Crippen LogP contribution in [0.1, 0.15) is 48.9 Å². The molecule has 0 atom stereocenters. The fraction of sp³-hybridized carbons (Fsp3) is 0.421. The number of fused-ring (bicyclic) bond motifs is 1. The van der Waals surface area contributed by atoms with Crippen molar-refractivity contribution in [3.8, 4) is 11.5 Å². The van der Waals surface area contributed by atoms with Crippen molar-refractivity contribution in [3.63, 3.8) is 0 Å². The van der Waals surface area contributed by atoms with Gasteiger partial charge in [0.25, 0.3) is 5.91 Å². The number of H-pyrrole nitrogens is 1. The van der Waals surface area contributed by atoms with E-state index in [0.717, 1.165) is 18.4 Å². The van der Waals surface area contributed by atoms with Crippen LogP contribution in [0.4, 0.5) is 5.69 Å². The van der Waals surface area contributed by atoms with E-state index in [-0.39, 0.29) is 12.5 Å². The maximum absolute atomic E-state index is 12.7. The predicted molar refractivity (Wildman–Crippen MR) is 97.9 cm³/mol. The summed E-state index contributed by atoms with van der Waals surface area (Å²) in [4.78, 5) is 30.9. The van der Waals surface area contributed by atoms with E-state index in [9.17, 15) is 9.59 Å². The smallest absolute Gasteiger partial charge is 0.345 e. The zero-order valence-corrected chi connectivity index (χ0v) is 15.2. The normalized spacial score (nSPS) is 12.5. The number of carbonyl (C=O) groups excluding carboxylic acids is 1. The Balaban J connectivity index is 1.88. The second-order valence-electron chi connectivity index (χ2n) is 6.76. The zero-order chi connectivity index (χ0) is 18.7. The lowest BCUT2D eigenvalue weighted by atomic mass is 10.1. The van der Waals surface area contributed by atoms with Crippen LogP contribution in [-0.4, -0.2) is 22.7 Å². The summed E-state index contributed by atoms with van der Waals surface area (Å²) in [7, 11) is 0. The Morgan fingerprint density at radius 1 is 1.27 bits per heavy atom. The third-order valence-electron chi connectivity index (χ3n) is 4.03. The molecule has 1 aromatic heterocycles. The number of ether oxygens (including phenoxy) is 2. The summed E-state index contributed by atoms with van der Waals surface area (Å²) >= 11 is 0. The van der Waals surface area contributed by atoms with Crippen molar-refractivity contribution in [2.24, 2.45) is 5.92 Å². The van der Waals surface area contributed by atoms with Crippen LogP contribution in [0.15, 0.2) is 23.0 Å². The molecule has 0 unspecified atom stereocenters. The van der Waals surface area contributed by atoms with Crippen LogP contribution < -0.4 is 20.5 Å². The highest BCUT2D eigenvalue weighted by molar-refractivity contribution is 6.03. The van der Waals surface area contributed by atoms with E-state index in [0.29, 0.717) is 35.2 Å². The van der Waals surface area contributed by atoms with Gasteiger partial charge in [-0.3, -0.25) is 4.79 Å². The van der Waals surface area contributed by atoms with Crippen LogP contribution in [0, 0.1) is 5.92 Å². The van der Waals surface area contributed by atoms with E-state index in [4.69, 9.17) is 9.47 Å². The molecule has 2 aromatic rings. The number of carbonyl (C=O) groups is 1. The molecule has 0 saturated carbocycles. The Morgan fingerprint density at radius 2 is 2.00 bits per heavy atom. The Kier molecular flexibility index (Phi) is 5.25. The van der Waals surface area contributed by atoms with Gasteiger partial charge in [-0.1, -0.05) is 27.2 Å². The third kappa shape index (κ3) is 4.04. The first-order valence-corrected chi connectivity index (χ1v) is 8.80. The summed E-state index contributed by atoms with van der Waals surface area (Å²) in [6.07, 6.45) is 2.38. The summed E-state index contributed by atoms with van der Waals surface area (Å²) in [6, 6.07) is 5.27. The first-order chi connectivity index (χ1) is 12.5. The van der Waals surface area contributed by atoms with Crippen LogP contribution in [0.2, 0.25) is 0 Å². The molecule has 0 aliphatic carbocycles. The molecule has 1 aliphatic heterocycles. The fourth-order valence-corrected chi connectivity index (χ4v) is 2.94. The molecule has 26 heavy (non-hydrogen) atoms. The third-order valence-corrected chi connectivity index (χ3v) is 4.03. The summed E-state index contributed by atoms with van der Waals surface area (Å²) in [5, 5.41) is 2.86. The van der Waals surface area contributed by atoms with Gasteiger partial charge in [-0.05, 0) is 36.5 Å². The minimum atomic E-state index is -0.521. The molecule has 2 N–H and O–H groups in total. The molecule has 1 amide bonds. The van der Waals surface area contributed by atoms with E-state index in [2.05, 4.69) is 22.2 Å². The molecule has 3 rings (SSSR count). The lowest BCUT2D eigenvalue weighted by molar-refractivity contribution is 0.102. The molecular weight excluding hydrogens is 334 g/mol. The van der Waals surface area contributed by atoms with Gasteiger partial charge in [0.05, 0.1) is 0 Å². The summed E-state index contributed by atoms with van der Waals surface area (Å²) in [6.45, 7) is 6.32. The van der Waals surface area contributed by atoms with Crippen molar-refractivity contribution < 1.29 is 14.3 Å². The van der Waals surface area contributed by atoms with Crippen molar-refractivity contribution in [1.29, 1.82) is 0 Å². The number of nitrogens with one attached hydrogen (secondary N) is 2. The maximum atomic E-state index is 12.7. The van der Waals surface area contributed by atoms with Crippen LogP contribution in [-0.2, 0) is 12.8 Å². The van der Waals surface area contributed by atoms with Crippen LogP contribution >= 0.6 is 0 Å². The van der Waals surface area contributed by atoms with Gasteiger partial charge in [-0.2, -0.15) is 4.98 Å². The Bertz CT molecular complexity index is 874. The van der Waals surface area contributed by atoms with Crippen molar-refractivity contribution in [3.05, 3.63) is 45.6 Å². The largest absolute Gasteiger partial charge is 0.454 e. The fourth-order valence-electron chi connectivity index (χ4n) is 2.94. The average Bonchev–Trinajstić information content (AvgIpc) is 3.01. The molecule has 2 heterocycles. The minimum absolute atomic E-state index is 0.101. The van der Waals surface area contributed by atoms with Crippen LogP contribution in [0.25, 0.3) is 0 Å². The number of aromatic nitrogens is 2. The topological polar surface area (TPSA) is 93.3 Å². The van der Waals surface area contributed by atoms with Gasteiger partial charge in [-0.25, -0.2) is 4.79 Å². The van der Waals surface area contributed by atoms with E-state index in [1.807, 2.05) is 19.9 Å². The molecule has 0 radical (unpaired) electrons. The highest BCUT2D eigenvalue weighted by atomic mass is 16.7. The molecule has 0 bridgehead atoms. The molecule has 138 valence electrons. The average molecular weight is 357 g/mol. The molecular formula is C19H23N3O4. The molecule has 7 nitrogen and oxygen atoms in total. The Morgan fingerprint density at radius 3 is 2.69 bits per heavy atom. The van der Waals surface area contributed by atoms with Crippen molar-refractivity contribution in [1.82, 2.24) is 9.97 Å². The van der Waals surface area contributed by atoms with Gasteiger partial charge in [0, 0.05) is 17.4 Å². The maximum Gasteiger partial charge on any atom is 0.345 e. The van der Waals surface area contributed by atoms with E-state index in [1.165, 1.54) is 0 Å². The van der Waals surface area contributed by atoms with Crippen molar-refractivity contribution >= 4 is 11.6 Å². The number of nitrogens with zero attached hydrogens (tertiary/aromatic N) is 1. The summed E-state index contributed by atoms with van der Waals surface area (Å²) in [5.41, 5.74) is 1.88. The number of aryl methyl sites for hydroxylation is 1. The Labute approximate surface area is 151 Å². The second kappa shape index (κ2) is 7.59. The molecule has 0 spiro atoms. The molecule has 0 saturated heterocycles. The quantitative estimate of drug-likeness (QED) is 0.829. The van der Waals surface area contributed by atoms with Gasteiger partial charge < -0.3 is 19.8 Å². The lowest BCUT2D eigenvalue weighted by Crippen LogP contribution is -2.22. The predicted octanol–water partition coefficient (Wildman–Crippen LogP) is 2.90. The van der Waals surface area contributed by atoms with Crippen molar-refractivity contribution in [2.45, 2.75) is 40.0 Å². The number of anilines is 1. The SMILES string of the molecule is CCCc1cc2c(cc1NC(=O)c1cc(CC(C)C)[nH]c(=O)n1)OCO2. The van der Waals surface area contributed by atoms with E-state index in [1.54, 1.807) is 12.1 Å².